The molecule has 0 aromatic heterocycles. The molecule has 0 aliphatic rings. The van der Waals surface area contributed by atoms with Crippen molar-refractivity contribution in [2.75, 3.05) is 5.32 Å². The molecule has 0 bridgehead atoms. The number of nitrogens with one attached hydrogen (secondary N) is 1. The van der Waals surface area contributed by atoms with E-state index in [1.165, 1.54) is 18.2 Å². The lowest BCUT2D eigenvalue weighted by molar-refractivity contribution is -0.137. The van der Waals surface area contributed by atoms with Crippen LogP contribution in [0.25, 0.3) is 0 Å². The van der Waals surface area contributed by atoms with Crippen molar-refractivity contribution in [3.63, 3.8) is 0 Å². The van der Waals surface area contributed by atoms with Crippen molar-refractivity contribution in [3.05, 3.63) is 63.9 Å². The normalized spacial score (nSPS) is 11.3. The first kappa shape index (κ1) is 15.5. The molecule has 1 amide bonds. The van der Waals surface area contributed by atoms with Gasteiger partial charge < -0.3 is 5.32 Å². The maximum absolute atomic E-state index is 13.6. The molecule has 0 fully saturated rings. The lowest BCUT2D eigenvalue weighted by Gasteiger charge is -2.11. The van der Waals surface area contributed by atoms with Crippen LogP contribution in [0.4, 0.5) is 23.2 Å². The highest BCUT2D eigenvalue weighted by atomic mass is 79.9. The molecule has 21 heavy (non-hydrogen) atoms. The fourth-order valence-electron chi connectivity index (χ4n) is 1.68. The van der Waals surface area contributed by atoms with Crippen molar-refractivity contribution >= 4 is 27.5 Å². The first-order chi connectivity index (χ1) is 9.79. The Morgan fingerprint density at radius 2 is 1.76 bits per heavy atom. The summed E-state index contributed by atoms with van der Waals surface area (Å²) in [7, 11) is 0. The van der Waals surface area contributed by atoms with E-state index < -0.39 is 23.5 Å². The number of anilines is 1. The summed E-state index contributed by atoms with van der Waals surface area (Å²) < 4.78 is 51.5. The van der Waals surface area contributed by atoms with Gasteiger partial charge in [0.05, 0.1) is 11.1 Å². The standard InChI is InChI=1S/C14H8BrF4NO/c15-10-5-2-6-11(16)12(10)13(21)20-9-4-1-3-8(7-9)14(17,18)19/h1-7H,(H,20,21). The van der Waals surface area contributed by atoms with Crippen molar-refractivity contribution < 1.29 is 22.4 Å². The molecule has 7 heteroatoms. The predicted octanol–water partition coefficient (Wildman–Crippen LogP) is 4.86. The lowest BCUT2D eigenvalue weighted by atomic mass is 10.1. The summed E-state index contributed by atoms with van der Waals surface area (Å²) in [5.41, 5.74) is -1.23. The quantitative estimate of drug-likeness (QED) is 0.760. The van der Waals surface area contributed by atoms with Gasteiger partial charge >= 0.3 is 6.18 Å². The Kier molecular flexibility index (Phi) is 4.32. The van der Waals surface area contributed by atoms with Crippen molar-refractivity contribution in [1.29, 1.82) is 0 Å². The van der Waals surface area contributed by atoms with Gasteiger partial charge in [0.15, 0.2) is 0 Å². The fourth-order valence-corrected chi connectivity index (χ4v) is 2.20. The van der Waals surface area contributed by atoms with E-state index in [4.69, 9.17) is 0 Å². The number of hydrogen-bond acceptors (Lipinski definition) is 1. The van der Waals surface area contributed by atoms with E-state index in [1.807, 2.05) is 0 Å². The molecule has 2 aromatic rings. The van der Waals surface area contributed by atoms with Crippen LogP contribution in [0.1, 0.15) is 15.9 Å². The number of carbonyl (C=O) groups is 1. The fraction of sp³-hybridized carbons (Fsp3) is 0.0714. The maximum Gasteiger partial charge on any atom is 0.416 e. The van der Waals surface area contributed by atoms with E-state index in [2.05, 4.69) is 21.2 Å². The number of hydrogen-bond donors (Lipinski definition) is 1. The van der Waals surface area contributed by atoms with Crippen LogP contribution in [-0.2, 0) is 6.18 Å². The zero-order chi connectivity index (χ0) is 15.6. The minimum Gasteiger partial charge on any atom is -0.322 e. The molecule has 110 valence electrons. The van der Waals surface area contributed by atoms with Crippen LogP contribution in [0.3, 0.4) is 0 Å². The number of amides is 1. The molecule has 0 aliphatic heterocycles. The van der Waals surface area contributed by atoms with Crippen molar-refractivity contribution in [2.24, 2.45) is 0 Å². The third-order valence-electron chi connectivity index (χ3n) is 2.64. The first-order valence-electron chi connectivity index (χ1n) is 5.71. The van der Waals surface area contributed by atoms with E-state index in [-0.39, 0.29) is 15.7 Å². The van der Waals surface area contributed by atoms with Crippen LogP contribution in [0.2, 0.25) is 0 Å². The third kappa shape index (κ3) is 3.60. The third-order valence-corrected chi connectivity index (χ3v) is 3.30. The van der Waals surface area contributed by atoms with Gasteiger partial charge in [-0.05, 0) is 46.3 Å². The zero-order valence-corrected chi connectivity index (χ0v) is 11.9. The largest absolute Gasteiger partial charge is 0.416 e. The second kappa shape index (κ2) is 5.85. The van der Waals surface area contributed by atoms with Crippen molar-refractivity contribution in [3.8, 4) is 0 Å². The van der Waals surface area contributed by atoms with Gasteiger partial charge in [-0.1, -0.05) is 12.1 Å². The van der Waals surface area contributed by atoms with Crippen molar-refractivity contribution in [1.82, 2.24) is 0 Å². The Labute approximate surface area is 125 Å². The maximum atomic E-state index is 13.6. The Morgan fingerprint density at radius 1 is 1.10 bits per heavy atom. The predicted molar refractivity (Wildman–Crippen MR) is 73.5 cm³/mol. The molecule has 0 radical (unpaired) electrons. The molecular weight excluding hydrogens is 354 g/mol. The smallest absolute Gasteiger partial charge is 0.322 e. The molecule has 0 saturated carbocycles. The zero-order valence-electron chi connectivity index (χ0n) is 10.3. The topological polar surface area (TPSA) is 29.1 Å². The monoisotopic (exact) mass is 361 g/mol. The highest BCUT2D eigenvalue weighted by Gasteiger charge is 2.30. The summed E-state index contributed by atoms with van der Waals surface area (Å²) in [5, 5.41) is 2.24. The molecule has 0 spiro atoms. The van der Waals surface area contributed by atoms with Gasteiger partial charge in [-0.2, -0.15) is 13.2 Å². The molecule has 0 atom stereocenters. The van der Waals surface area contributed by atoms with Gasteiger partial charge in [-0.15, -0.1) is 0 Å². The van der Waals surface area contributed by atoms with E-state index in [1.54, 1.807) is 0 Å². The average Bonchev–Trinajstić information content (AvgIpc) is 2.37. The van der Waals surface area contributed by atoms with E-state index >= 15 is 0 Å². The average molecular weight is 362 g/mol. The molecule has 1 N–H and O–H groups in total. The summed E-state index contributed by atoms with van der Waals surface area (Å²) in [6, 6.07) is 8.08. The Morgan fingerprint density at radius 3 is 2.38 bits per heavy atom. The highest BCUT2D eigenvalue weighted by molar-refractivity contribution is 9.10. The van der Waals surface area contributed by atoms with Crippen LogP contribution >= 0.6 is 15.9 Å². The van der Waals surface area contributed by atoms with Gasteiger partial charge in [0.25, 0.3) is 5.91 Å². The first-order valence-corrected chi connectivity index (χ1v) is 6.51. The number of benzene rings is 2. The minimum absolute atomic E-state index is 0.0648. The van der Waals surface area contributed by atoms with Crippen LogP contribution in [0, 0.1) is 5.82 Å². The molecular formula is C14H8BrF4NO. The van der Waals surface area contributed by atoms with Crippen LogP contribution < -0.4 is 5.32 Å². The summed E-state index contributed by atoms with van der Waals surface area (Å²) in [4.78, 5) is 12.0. The second-order valence-corrected chi connectivity index (χ2v) is 4.98. The molecule has 0 saturated heterocycles. The highest BCUT2D eigenvalue weighted by Crippen LogP contribution is 2.31. The van der Waals surface area contributed by atoms with Gasteiger partial charge in [0.2, 0.25) is 0 Å². The molecule has 2 nitrogen and oxygen atoms in total. The van der Waals surface area contributed by atoms with Gasteiger partial charge in [-0.3, -0.25) is 4.79 Å². The van der Waals surface area contributed by atoms with E-state index in [9.17, 15) is 22.4 Å². The van der Waals surface area contributed by atoms with Crippen LogP contribution in [0.5, 0.6) is 0 Å². The summed E-state index contributed by atoms with van der Waals surface area (Å²) in [5.74, 6) is -1.60. The molecule has 0 heterocycles. The number of rotatable bonds is 2. The molecule has 2 aromatic carbocycles. The Balaban J connectivity index is 2.28. The number of alkyl halides is 3. The van der Waals surface area contributed by atoms with Crippen LogP contribution in [-0.4, -0.2) is 5.91 Å². The Hall–Kier alpha value is -1.89. The SMILES string of the molecule is O=C(Nc1cccc(C(F)(F)F)c1)c1c(F)cccc1Br. The molecule has 2 rings (SSSR count). The number of carbonyl (C=O) groups excluding carboxylic acids is 1. The van der Waals surface area contributed by atoms with E-state index in [0.717, 1.165) is 24.3 Å². The summed E-state index contributed by atoms with van der Waals surface area (Å²) in [6.07, 6.45) is -4.51. The van der Waals surface area contributed by atoms with Crippen LogP contribution in [0.15, 0.2) is 46.9 Å². The minimum atomic E-state index is -4.51. The van der Waals surface area contributed by atoms with E-state index in [0.29, 0.717) is 0 Å². The lowest BCUT2D eigenvalue weighted by Crippen LogP contribution is -2.15. The second-order valence-electron chi connectivity index (χ2n) is 4.13. The summed E-state index contributed by atoms with van der Waals surface area (Å²) >= 11 is 3.03. The molecule has 0 unspecified atom stereocenters. The van der Waals surface area contributed by atoms with Gasteiger partial charge in [-0.25, -0.2) is 4.39 Å². The number of halogens is 5. The summed E-state index contributed by atoms with van der Waals surface area (Å²) in [6.45, 7) is 0. The van der Waals surface area contributed by atoms with Gasteiger partial charge in [0, 0.05) is 10.2 Å². The van der Waals surface area contributed by atoms with Gasteiger partial charge in [0.1, 0.15) is 5.82 Å². The van der Waals surface area contributed by atoms with Crippen molar-refractivity contribution in [2.45, 2.75) is 6.18 Å². The molecule has 0 aliphatic carbocycles. The Bertz CT molecular complexity index is 665.